The third kappa shape index (κ3) is 2.53. The first kappa shape index (κ1) is 15.2. The highest BCUT2D eigenvalue weighted by atomic mass is 32.2. The van der Waals surface area contributed by atoms with E-state index in [4.69, 9.17) is 17.0 Å². The maximum Gasteiger partial charge on any atom is 0.178 e. The summed E-state index contributed by atoms with van der Waals surface area (Å²) in [7, 11) is -1.69. The Kier molecular flexibility index (Phi) is 3.79. The summed E-state index contributed by atoms with van der Waals surface area (Å²) in [5, 5.41) is 0. The highest BCUT2D eigenvalue weighted by Gasteiger charge is 2.25. The second-order valence-corrected chi connectivity index (χ2v) is 7.80. The van der Waals surface area contributed by atoms with Crippen LogP contribution < -0.4 is 0 Å². The van der Waals surface area contributed by atoms with Crippen molar-refractivity contribution in [2.24, 2.45) is 0 Å². The zero-order valence-corrected chi connectivity index (χ0v) is 13.6. The summed E-state index contributed by atoms with van der Waals surface area (Å²) in [5.74, 6) is 0. The molecule has 20 heavy (non-hydrogen) atoms. The quantitative estimate of drug-likeness (QED) is 0.881. The molecule has 2 aromatic rings. The fourth-order valence-corrected chi connectivity index (χ4v) is 3.73. The predicted molar refractivity (Wildman–Crippen MR) is 81.4 cm³/mol. The van der Waals surface area contributed by atoms with Gasteiger partial charge in [-0.15, -0.1) is 0 Å². The van der Waals surface area contributed by atoms with E-state index in [0.29, 0.717) is 16.9 Å². The maximum atomic E-state index is 11.9. The van der Waals surface area contributed by atoms with Gasteiger partial charge in [0.05, 0.1) is 28.1 Å². The summed E-state index contributed by atoms with van der Waals surface area (Å²) < 4.78 is 31.3. The molecule has 0 saturated heterocycles. The van der Waals surface area contributed by atoms with E-state index in [1.807, 2.05) is 24.5 Å². The van der Waals surface area contributed by atoms with Gasteiger partial charge in [0.25, 0.3) is 0 Å². The van der Waals surface area contributed by atoms with E-state index in [1.54, 1.807) is 19.2 Å². The predicted octanol–water partition coefficient (Wildman–Crippen LogP) is 2.48. The van der Waals surface area contributed by atoms with Crippen molar-refractivity contribution in [3.05, 3.63) is 23.0 Å². The number of rotatable bonds is 4. The van der Waals surface area contributed by atoms with E-state index in [0.717, 1.165) is 5.52 Å². The number of aromatic amines is 1. The van der Waals surface area contributed by atoms with Gasteiger partial charge >= 0.3 is 0 Å². The Labute approximate surface area is 123 Å². The number of imidazole rings is 1. The zero-order valence-electron chi connectivity index (χ0n) is 11.9. The number of nitrogens with zero attached hydrogens (tertiary/aromatic N) is 1. The number of sulfone groups is 1. The summed E-state index contributed by atoms with van der Waals surface area (Å²) in [6.07, 6.45) is 1.19. The molecule has 0 fully saturated rings. The van der Waals surface area contributed by atoms with Crippen molar-refractivity contribution in [1.82, 2.24) is 9.55 Å². The first-order valence-electron chi connectivity index (χ1n) is 6.12. The Balaban J connectivity index is 2.84. The summed E-state index contributed by atoms with van der Waals surface area (Å²) in [6.45, 7) is 4.46. The SMILES string of the molecule is COCC(C)(C)n1c(=S)[nH]c2c(S(C)(=O)=O)cccc21. The number of fused-ring (bicyclic) bond motifs is 1. The smallest absolute Gasteiger partial charge is 0.178 e. The lowest BCUT2D eigenvalue weighted by Gasteiger charge is -2.26. The van der Waals surface area contributed by atoms with Gasteiger partial charge in [-0.2, -0.15) is 0 Å². The van der Waals surface area contributed by atoms with Crippen molar-refractivity contribution in [3.63, 3.8) is 0 Å². The molecular formula is C13H18N2O3S2. The molecule has 7 heteroatoms. The molecule has 1 aromatic carbocycles. The Hall–Kier alpha value is -1.18. The lowest BCUT2D eigenvalue weighted by Crippen LogP contribution is -2.31. The Morgan fingerprint density at radius 3 is 2.60 bits per heavy atom. The molecule has 1 aromatic heterocycles. The Bertz CT molecular complexity index is 801. The van der Waals surface area contributed by atoms with E-state index in [2.05, 4.69) is 4.98 Å². The number of methoxy groups -OCH3 is 1. The molecule has 2 rings (SSSR count). The minimum absolute atomic E-state index is 0.257. The average molecular weight is 314 g/mol. The van der Waals surface area contributed by atoms with E-state index < -0.39 is 9.84 Å². The van der Waals surface area contributed by atoms with Crippen molar-refractivity contribution < 1.29 is 13.2 Å². The summed E-state index contributed by atoms with van der Waals surface area (Å²) in [5.41, 5.74) is 0.935. The summed E-state index contributed by atoms with van der Waals surface area (Å²) in [4.78, 5) is 3.27. The van der Waals surface area contributed by atoms with Crippen LogP contribution in [0.2, 0.25) is 0 Å². The van der Waals surface area contributed by atoms with Gasteiger partial charge in [0, 0.05) is 13.4 Å². The zero-order chi connectivity index (χ0) is 15.1. The fraction of sp³-hybridized carbons (Fsp3) is 0.462. The van der Waals surface area contributed by atoms with E-state index >= 15 is 0 Å². The molecule has 1 N–H and O–H groups in total. The van der Waals surface area contributed by atoms with Crippen LogP contribution >= 0.6 is 12.2 Å². The molecule has 0 aliphatic carbocycles. The van der Waals surface area contributed by atoms with Crippen LogP contribution in [0.1, 0.15) is 13.8 Å². The monoisotopic (exact) mass is 314 g/mol. The van der Waals surface area contributed by atoms with Gasteiger partial charge < -0.3 is 14.3 Å². The van der Waals surface area contributed by atoms with Crippen LogP contribution in [-0.4, -0.2) is 37.9 Å². The third-order valence-corrected chi connectivity index (χ3v) is 4.61. The molecule has 1 heterocycles. The van der Waals surface area contributed by atoms with Crippen molar-refractivity contribution in [2.45, 2.75) is 24.3 Å². The molecule has 0 atom stereocenters. The molecule has 110 valence electrons. The van der Waals surface area contributed by atoms with Crippen LogP contribution in [0.5, 0.6) is 0 Å². The largest absolute Gasteiger partial charge is 0.382 e. The van der Waals surface area contributed by atoms with Crippen LogP contribution in [-0.2, 0) is 20.1 Å². The Morgan fingerprint density at radius 2 is 2.05 bits per heavy atom. The molecule has 0 unspecified atom stereocenters. The van der Waals surface area contributed by atoms with Crippen molar-refractivity contribution in [2.75, 3.05) is 20.0 Å². The number of nitrogens with one attached hydrogen (secondary N) is 1. The lowest BCUT2D eigenvalue weighted by molar-refractivity contribution is 0.111. The maximum absolute atomic E-state index is 11.9. The van der Waals surface area contributed by atoms with E-state index in [9.17, 15) is 8.42 Å². The van der Waals surface area contributed by atoms with Crippen LogP contribution in [0, 0.1) is 4.77 Å². The highest BCUT2D eigenvalue weighted by molar-refractivity contribution is 7.91. The average Bonchev–Trinajstić information content (AvgIpc) is 2.63. The molecule has 0 aliphatic rings. The first-order chi connectivity index (χ1) is 9.18. The first-order valence-corrected chi connectivity index (χ1v) is 8.41. The highest BCUT2D eigenvalue weighted by Crippen LogP contribution is 2.27. The number of aromatic nitrogens is 2. The van der Waals surface area contributed by atoms with Gasteiger partial charge in [-0.05, 0) is 38.2 Å². The summed E-state index contributed by atoms with van der Waals surface area (Å²) >= 11 is 5.35. The van der Waals surface area contributed by atoms with Crippen molar-refractivity contribution in [3.8, 4) is 0 Å². The minimum atomic E-state index is -3.31. The van der Waals surface area contributed by atoms with E-state index in [1.165, 1.54) is 6.26 Å². The van der Waals surface area contributed by atoms with Gasteiger partial charge in [-0.25, -0.2) is 8.42 Å². The number of ether oxygens (including phenoxy) is 1. The Morgan fingerprint density at radius 1 is 1.40 bits per heavy atom. The fourth-order valence-electron chi connectivity index (χ4n) is 2.43. The van der Waals surface area contributed by atoms with Gasteiger partial charge in [0.2, 0.25) is 0 Å². The number of benzene rings is 1. The topological polar surface area (TPSA) is 64.1 Å². The van der Waals surface area contributed by atoms with Crippen LogP contribution in [0.3, 0.4) is 0 Å². The molecular weight excluding hydrogens is 296 g/mol. The minimum Gasteiger partial charge on any atom is -0.382 e. The standard InChI is InChI=1S/C13H18N2O3S2/c1-13(2,8-18-3)15-9-6-5-7-10(20(4,16)17)11(9)14-12(15)19/h5-7H,8H2,1-4H3,(H,14,19). The number of para-hydroxylation sites is 1. The normalized spacial score (nSPS) is 13.0. The van der Waals surface area contributed by atoms with Crippen LogP contribution in [0.15, 0.2) is 23.1 Å². The molecule has 5 nitrogen and oxygen atoms in total. The second kappa shape index (κ2) is 4.98. The van der Waals surface area contributed by atoms with Gasteiger partial charge in [0.1, 0.15) is 0 Å². The molecule has 0 amide bonds. The van der Waals surface area contributed by atoms with Gasteiger partial charge in [-0.1, -0.05) is 6.07 Å². The number of hydrogen-bond acceptors (Lipinski definition) is 4. The van der Waals surface area contributed by atoms with Crippen LogP contribution in [0.25, 0.3) is 11.0 Å². The van der Waals surface area contributed by atoms with Crippen LogP contribution in [0.4, 0.5) is 0 Å². The van der Waals surface area contributed by atoms with Gasteiger partial charge in [0.15, 0.2) is 14.6 Å². The summed E-state index contributed by atoms with van der Waals surface area (Å²) in [6, 6.07) is 5.16. The molecule has 0 aliphatic heterocycles. The van der Waals surface area contributed by atoms with Gasteiger partial charge in [-0.3, -0.25) is 0 Å². The second-order valence-electron chi connectivity index (χ2n) is 5.43. The lowest BCUT2D eigenvalue weighted by atomic mass is 10.1. The van der Waals surface area contributed by atoms with Crippen molar-refractivity contribution >= 4 is 33.1 Å². The molecule has 0 radical (unpaired) electrons. The molecule has 0 saturated carbocycles. The third-order valence-electron chi connectivity index (χ3n) is 3.18. The van der Waals surface area contributed by atoms with E-state index in [-0.39, 0.29) is 10.4 Å². The molecule has 0 spiro atoms. The van der Waals surface area contributed by atoms with Crippen molar-refractivity contribution in [1.29, 1.82) is 0 Å². The number of H-pyrrole nitrogens is 1. The number of hydrogen-bond donors (Lipinski definition) is 1. The molecule has 0 bridgehead atoms.